The van der Waals surface area contributed by atoms with E-state index in [1.807, 2.05) is 19.1 Å². The fourth-order valence-electron chi connectivity index (χ4n) is 3.03. The highest BCUT2D eigenvalue weighted by atomic mass is 32.2. The molecule has 0 aliphatic heterocycles. The molecule has 0 atom stereocenters. The summed E-state index contributed by atoms with van der Waals surface area (Å²) in [6.45, 7) is 2.01. The lowest BCUT2D eigenvalue weighted by Crippen LogP contribution is -2.30. The summed E-state index contributed by atoms with van der Waals surface area (Å²) in [7, 11) is -3.64. The first-order valence-corrected chi connectivity index (χ1v) is 9.97. The molecule has 0 radical (unpaired) electrons. The van der Waals surface area contributed by atoms with Crippen LogP contribution in [0, 0.1) is 0 Å². The Morgan fingerprint density at radius 2 is 1.80 bits per heavy atom. The highest BCUT2D eigenvalue weighted by Gasteiger charge is 2.33. The number of para-hydroxylation sites is 1. The Morgan fingerprint density at radius 3 is 2.48 bits per heavy atom. The second-order valence-corrected chi connectivity index (χ2v) is 8.21. The van der Waals surface area contributed by atoms with E-state index in [0.717, 1.165) is 18.2 Å². The zero-order chi connectivity index (χ0) is 18.1. The summed E-state index contributed by atoms with van der Waals surface area (Å²) in [6.07, 6.45) is 7.49. The smallest absolute Gasteiger partial charge is 0.239 e. The number of aliphatic hydroxyl groups is 1. The van der Waals surface area contributed by atoms with Crippen LogP contribution in [0.2, 0.25) is 0 Å². The molecule has 0 saturated heterocycles. The first-order chi connectivity index (χ1) is 11.9. The summed E-state index contributed by atoms with van der Waals surface area (Å²) in [5.74, 6) is -0.229. The van der Waals surface area contributed by atoms with Gasteiger partial charge in [0.2, 0.25) is 10.0 Å². The van der Waals surface area contributed by atoms with Gasteiger partial charge in [-0.25, -0.2) is 12.4 Å². The van der Waals surface area contributed by atoms with Crippen LogP contribution in [0.4, 0.5) is 0 Å². The fraction of sp³-hybridized carbons (Fsp3) is 0.316. The van der Waals surface area contributed by atoms with Gasteiger partial charge in [0.25, 0.3) is 0 Å². The van der Waals surface area contributed by atoms with Crippen molar-refractivity contribution in [3.63, 3.8) is 0 Å². The molecular weight excluding hydrogens is 338 g/mol. The molecule has 0 fully saturated rings. The van der Waals surface area contributed by atoms with Gasteiger partial charge in [-0.3, -0.25) is 4.79 Å². The molecule has 0 spiro atoms. The van der Waals surface area contributed by atoms with E-state index in [1.54, 1.807) is 18.2 Å². The molecule has 1 aromatic carbocycles. The lowest BCUT2D eigenvalue weighted by molar-refractivity contribution is -0.110. The molecule has 25 heavy (non-hydrogen) atoms. The monoisotopic (exact) mass is 359 g/mol. The zero-order valence-corrected chi connectivity index (χ0v) is 14.9. The molecule has 1 N–H and O–H groups in total. The van der Waals surface area contributed by atoms with E-state index in [1.165, 1.54) is 28.3 Å². The summed E-state index contributed by atoms with van der Waals surface area (Å²) in [4.78, 5) is 11.4. The molecule has 132 valence electrons. The minimum Gasteiger partial charge on any atom is -0.376 e. The molecule has 1 aliphatic carbocycles. The van der Waals surface area contributed by atoms with Crippen molar-refractivity contribution in [1.82, 2.24) is 3.97 Å². The number of carbonyl (C=O) groups is 1. The van der Waals surface area contributed by atoms with Crippen molar-refractivity contribution in [1.29, 1.82) is 0 Å². The maximum atomic E-state index is 13.0. The Labute approximate surface area is 147 Å². The molecule has 6 heteroatoms. The van der Waals surface area contributed by atoms with E-state index in [4.69, 9.17) is 0 Å². The van der Waals surface area contributed by atoms with Gasteiger partial charge in [-0.15, -0.1) is 0 Å². The van der Waals surface area contributed by atoms with Crippen molar-refractivity contribution in [2.24, 2.45) is 0 Å². The fourth-order valence-corrected chi connectivity index (χ4v) is 4.75. The lowest BCUT2D eigenvalue weighted by Gasteiger charge is -2.24. The summed E-state index contributed by atoms with van der Waals surface area (Å²) in [5, 5.41) is 11.7. The van der Waals surface area contributed by atoms with Crippen molar-refractivity contribution in [3.05, 3.63) is 60.3 Å². The number of aromatic nitrogens is 1. The summed E-state index contributed by atoms with van der Waals surface area (Å²) >= 11 is 0. The van der Waals surface area contributed by atoms with Gasteiger partial charge < -0.3 is 5.11 Å². The molecule has 0 unspecified atom stereocenters. The molecule has 3 rings (SSSR count). The van der Waals surface area contributed by atoms with Gasteiger partial charge in [0.15, 0.2) is 5.78 Å². The minimum atomic E-state index is -3.64. The van der Waals surface area contributed by atoms with Crippen molar-refractivity contribution in [2.75, 3.05) is 5.75 Å². The SMILES string of the molecule is CCCCCS(=O)(=O)n1c(C2(O)C=CC(=O)C=C2)cc2ccccc21. The largest absolute Gasteiger partial charge is 0.376 e. The maximum absolute atomic E-state index is 13.0. The number of rotatable bonds is 6. The van der Waals surface area contributed by atoms with Crippen LogP contribution in [0.1, 0.15) is 31.9 Å². The van der Waals surface area contributed by atoms with Gasteiger partial charge in [0.05, 0.1) is 17.0 Å². The number of nitrogens with zero attached hydrogens (tertiary/aromatic N) is 1. The molecule has 2 aromatic rings. The van der Waals surface area contributed by atoms with Gasteiger partial charge in [-0.2, -0.15) is 0 Å². The van der Waals surface area contributed by atoms with E-state index in [-0.39, 0.29) is 17.2 Å². The van der Waals surface area contributed by atoms with Gasteiger partial charge in [-0.1, -0.05) is 38.0 Å². The molecule has 0 bridgehead atoms. The van der Waals surface area contributed by atoms with Crippen molar-refractivity contribution in [3.8, 4) is 0 Å². The molecule has 0 amide bonds. The van der Waals surface area contributed by atoms with E-state index in [9.17, 15) is 18.3 Å². The summed E-state index contributed by atoms with van der Waals surface area (Å²) in [5.41, 5.74) is -0.878. The van der Waals surface area contributed by atoms with E-state index in [0.29, 0.717) is 11.9 Å². The number of hydrogen-bond acceptors (Lipinski definition) is 4. The van der Waals surface area contributed by atoms with Gasteiger partial charge in [-0.05, 0) is 42.9 Å². The second kappa shape index (κ2) is 6.61. The number of ketones is 1. The average Bonchev–Trinajstić information content (AvgIpc) is 2.99. The molecule has 0 saturated carbocycles. The molecule has 1 aliphatic rings. The van der Waals surface area contributed by atoms with Crippen LogP contribution in [0.15, 0.2) is 54.6 Å². The Kier molecular flexibility index (Phi) is 4.67. The second-order valence-electron chi connectivity index (χ2n) is 6.27. The van der Waals surface area contributed by atoms with Crippen LogP contribution >= 0.6 is 0 Å². The van der Waals surface area contributed by atoms with E-state index < -0.39 is 15.6 Å². The van der Waals surface area contributed by atoms with Crippen molar-refractivity contribution >= 4 is 26.7 Å². The van der Waals surface area contributed by atoms with E-state index in [2.05, 4.69) is 0 Å². The van der Waals surface area contributed by atoms with E-state index >= 15 is 0 Å². The predicted octanol–water partition coefficient (Wildman–Crippen LogP) is 2.89. The minimum absolute atomic E-state index is 0.00888. The number of carbonyl (C=O) groups excluding carboxylic acids is 1. The Balaban J connectivity index is 2.18. The lowest BCUT2D eigenvalue weighted by atomic mass is 9.94. The third-order valence-corrected chi connectivity index (χ3v) is 6.12. The van der Waals surface area contributed by atoms with Crippen LogP contribution in [0.5, 0.6) is 0 Å². The van der Waals surface area contributed by atoms with Crippen LogP contribution < -0.4 is 0 Å². The third kappa shape index (κ3) is 3.32. The Hall–Kier alpha value is -2.18. The first-order valence-electron chi connectivity index (χ1n) is 8.36. The highest BCUT2D eigenvalue weighted by Crippen LogP contribution is 2.33. The average molecular weight is 359 g/mol. The summed E-state index contributed by atoms with van der Waals surface area (Å²) < 4.78 is 27.2. The van der Waals surface area contributed by atoms with Crippen LogP contribution in [-0.4, -0.2) is 29.0 Å². The number of benzene rings is 1. The topological polar surface area (TPSA) is 76.4 Å². The van der Waals surface area contributed by atoms with Crippen molar-refractivity contribution in [2.45, 2.75) is 31.8 Å². The van der Waals surface area contributed by atoms with Crippen LogP contribution in [0.3, 0.4) is 0 Å². The molecule has 1 heterocycles. The molecule has 5 nitrogen and oxygen atoms in total. The standard InChI is InChI=1S/C19H21NO4S/c1-2-3-6-13-25(23,24)20-17-8-5-4-7-15(17)14-18(20)19(22)11-9-16(21)10-12-19/h4-5,7-12,14,22H,2-3,6,13H2,1H3. The predicted molar refractivity (Wildman–Crippen MR) is 97.8 cm³/mol. The highest BCUT2D eigenvalue weighted by molar-refractivity contribution is 7.90. The normalized spacial score (nSPS) is 16.6. The number of unbranched alkanes of at least 4 members (excludes halogenated alkanes) is 2. The number of allylic oxidation sites excluding steroid dienone is 2. The number of fused-ring (bicyclic) bond motifs is 1. The Morgan fingerprint density at radius 1 is 1.12 bits per heavy atom. The van der Waals surface area contributed by atoms with Gasteiger partial charge >= 0.3 is 0 Å². The Bertz CT molecular complexity index is 950. The summed E-state index contributed by atoms with van der Waals surface area (Å²) in [6, 6.07) is 8.78. The molecular formula is C19H21NO4S. The number of hydrogen-bond donors (Lipinski definition) is 1. The van der Waals surface area contributed by atoms with Gasteiger partial charge in [0, 0.05) is 5.39 Å². The van der Waals surface area contributed by atoms with Crippen molar-refractivity contribution < 1.29 is 18.3 Å². The van der Waals surface area contributed by atoms with Crippen LogP contribution in [0.25, 0.3) is 10.9 Å². The molecule has 1 aromatic heterocycles. The zero-order valence-electron chi connectivity index (χ0n) is 14.1. The first kappa shape index (κ1) is 17.6. The van der Waals surface area contributed by atoms with Crippen LogP contribution in [-0.2, 0) is 20.4 Å². The van der Waals surface area contributed by atoms with Gasteiger partial charge in [0.1, 0.15) is 5.60 Å². The quantitative estimate of drug-likeness (QED) is 0.805. The maximum Gasteiger partial charge on any atom is 0.239 e. The third-order valence-electron chi connectivity index (χ3n) is 4.36.